The van der Waals surface area contributed by atoms with E-state index >= 15 is 0 Å². The molecule has 1 unspecified atom stereocenters. The minimum atomic E-state index is 0.841. The fourth-order valence-electron chi connectivity index (χ4n) is 2.80. The van der Waals surface area contributed by atoms with E-state index in [1.807, 2.05) is 6.20 Å². The monoisotopic (exact) mass is 226 g/mol. The van der Waals surface area contributed by atoms with Gasteiger partial charge in [-0.2, -0.15) is 0 Å². The van der Waals surface area contributed by atoms with Gasteiger partial charge in [0, 0.05) is 11.9 Å². The summed E-state index contributed by atoms with van der Waals surface area (Å²) < 4.78 is 0. The molecule has 1 aliphatic rings. The molecule has 17 heavy (non-hydrogen) atoms. The van der Waals surface area contributed by atoms with E-state index in [9.17, 15) is 0 Å². The predicted molar refractivity (Wildman–Crippen MR) is 68.9 cm³/mol. The van der Waals surface area contributed by atoms with Crippen molar-refractivity contribution >= 4 is 0 Å². The van der Waals surface area contributed by atoms with E-state index in [1.54, 1.807) is 17.5 Å². The Hall–Kier alpha value is -1.57. The van der Waals surface area contributed by atoms with E-state index in [2.05, 4.69) is 34.2 Å². The zero-order valence-electron chi connectivity index (χ0n) is 10.0. The van der Waals surface area contributed by atoms with E-state index in [4.69, 9.17) is 0 Å². The lowest BCUT2D eigenvalue weighted by atomic mass is 9.81. The van der Waals surface area contributed by atoms with Crippen LogP contribution in [0.1, 0.15) is 29.7 Å². The number of nitrogens with one attached hydrogen (secondary N) is 1. The van der Waals surface area contributed by atoms with Gasteiger partial charge in [-0.25, -0.2) is 4.98 Å². The van der Waals surface area contributed by atoms with Crippen molar-refractivity contribution in [2.75, 3.05) is 0 Å². The molecule has 0 radical (unpaired) electrons. The Balaban J connectivity index is 1.61. The standard InChI is InChI=1S/C15H18N2/c1-2-4-14-9-12(5-7-13(14)3-1)6-8-15-10-16-11-17-15/h1-4,10-12H,5-9H2,(H,16,17). The van der Waals surface area contributed by atoms with Crippen molar-refractivity contribution in [1.29, 1.82) is 0 Å². The molecule has 1 N–H and O–H groups in total. The summed E-state index contributed by atoms with van der Waals surface area (Å²) in [6.45, 7) is 0. The highest BCUT2D eigenvalue weighted by Crippen LogP contribution is 2.28. The Morgan fingerprint density at radius 3 is 2.94 bits per heavy atom. The number of aryl methyl sites for hydroxylation is 2. The highest BCUT2D eigenvalue weighted by atomic mass is 14.9. The van der Waals surface area contributed by atoms with Crippen LogP contribution in [0.2, 0.25) is 0 Å². The van der Waals surface area contributed by atoms with Gasteiger partial charge in [0.25, 0.3) is 0 Å². The molecule has 2 aromatic rings. The summed E-state index contributed by atoms with van der Waals surface area (Å²) in [4.78, 5) is 7.25. The molecule has 2 heteroatoms. The van der Waals surface area contributed by atoms with Gasteiger partial charge < -0.3 is 4.98 Å². The van der Waals surface area contributed by atoms with E-state index < -0.39 is 0 Å². The maximum atomic E-state index is 4.07. The molecule has 1 aromatic carbocycles. The summed E-state index contributed by atoms with van der Waals surface area (Å²) >= 11 is 0. The van der Waals surface area contributed by atoms with Crippen LogP contribution in [-0.4, -0.2) is 9.97 Å². The number of rotatable bonds is 3. The Bertz CT molecular complexity index is 473. The van der Waals surface area contributed by atoms with Crippen LogP contribution in [0.25, 0.3) is 0 Å². The SMILES string of the molecule is c1ccc2c(c1)CCC(CCc1cnc[nH]1)C2. The Morgan fingerprint density at radius 1 is 1.24 bits per heavy atom. The van der Waals surface area contributed by atoms with Crippen LogP contribution in [0.5, 0.6) is 0 Å². The highest BCUT2D eigenvalue weighted by Gasteiger charge is 2.17. The molecule has 0 spiro atoms. The second-order valence-electron chi connectivity index (χ2n) is 4.99. The molecule has 2 nitrogen and oxygen atoms in total. The number of aromatic amines is 1. The molecule has 0 fully saturated rings. The molecule has 0 aliphatic heterocycles. The second kappa shape index (κ2) is 4.74. The van der Waals surface area contributed by atoms with Gasteiger partial charge in [-0.05, 0) is 49.1 Å². The molecular formula is C15H18N2. The third-order valence-corrected chi connectivity index (χ3v) is 3.83. The lowest BCUT2D eigenvalue weighted by Crippen LogP contribution is -2.14. The quantitative estimate of drug-likeness (QED) is 0.855. The third-order valence-electron chi connectivity index (χ3n) is 3.83. The van der Waals surface area contributed by atoms with Crippen LogP contribution in [0, 0.1) is 5.92 Å². The summed E-state index contributed by atoms with van der Waals surface area (Å²) in [7, 11) is 0. The van der Waals surface area contributed by atoms with Crippen molar-refractivity contribution < 1.29 is 0 Å². The summed E-state index contributed by atoms with van der Waals surface area (Å²) in [6.07, 6.45) is 9.96. The van der Waals surface area contributed by atoms with Crippen molar-refractivity contribution in [2.24, 2.45) is 5.92 Å². The average Bonchev–Trinajstić information content (AvgIpc) is 2.89. The topological polar surface area (TPSA) is 28.7 Å². The van der Waals surface area contributed by atoms with E-state index in [0.29, 0.717) is 0 Å². The van der Waals surface area contributed by atoms with Crippen LogP contribution < -0.4 is 0 Å². The van der Waals surface area contributed by atoms with Crippen LogP contribution in [0.3, 0.4) is 0 Å². The van der Waals surface area contributed by atoms with Crippen molar-refractivity contribution in [3.05, 3.63) is 53.6 Å². The number of nitrogens with zero attached hydrogens (tertiary/aromatic N) is 1. The molecular weight excluding hydrogens is 208 g/mol. The Labute approximate surface area is 102 Å². The van der Waals surface area contributed by atoms with Gasteiger partial charge in [-0.15, -0.1) is 0 Å². The van der Waals surface area contributed by atoms with Crippen molar-refractivity contribution in [3.63, 3.8) is 0 Å². The fourth-order valence-corrected chi connectivity index (χ4v) is 2.80. The number of H-pyrrole nitrogens is 1. The van der Waals surface area contributed by atoms with Gasteiger partial charge in [0.2, 0.25) is 0 Å². The van der Waals surface area contributed by atoms with Crippen LogP contribution in [-0.2, 0) is 19.3 Å². The van der Waals surface area contributed by atoms with E-state index in [-0.39, 0.29) is 0 Å². The molecule has 0 bridgehead atoms. The van der Waals surface area contributed by atoms with Gasteiger partial charge in [0.1, 0.15) is 0 Å². The van der Waals surface area contributed by atoms with E-state index in [0.717, 1.165) is 12.3 Å². The molecule has 3 rings (SSSR count). The maximum absolute atomic E-state index is 4.07. The second-order valence-corrected chi connectivity index (χ2v) is 4.99. The number of aromatic nitrogens is 2. The average molecular weight is 226 g/mol. The fraction of sp³-hybridized carbons (Fsp3) is 0.400. The molecule has 1 aliphatic carbocycles. The van der Waals surface area contributed by atoms with Gasteiger partial charge in [0.05, 0.1) is 6.33 Å². The number of fused-ring (bicyclic) bond motifs is 1. The lowest BCUT2D eigenvalue weighted by Gasteiger charge is -2.24. The van der Waals surface area contributed by atoms with Crippen LogP contribution >= 0.6 is 0 Å². The molecule has 88 valence electrons. The molecule has 0 saturated heterocycles. The Kier molecular flexibility index (Phi) is 2.95. The molecule has 0 amide bonds. The summed E-state index contributed by atoms with van der Waals surface area (Å²) in [6, 6.07) is 8.89. The first-order chi connectivity index (χ1) is 8.42. The van der Waals surface area contributed by atoms with Gasteiger partial charge in [0.15, 0.2) is 0 Å². The predicted octanol–water partition coefficient (Wildman–Crippen LogP) is 3.15. The minimum Gasteiger partial charge on any atom is -0.348 e. The number of hydrogen-bond acceptors (Lipinski definition) is 1. The van der Waals surface area contributed by atoms with E-state index in [1.165, 1.54) is 31.4 Å². The van der Waals surface area contributed by atoms with Gasteiger partial charge in [-0.3, -0.25) is 0 Å². The largest absolute Gasteiger partial charge is 0.348 e. The number of imidazole rings is 1. The minimum absolute atomic E-state index is 0.841. The molecule has 1 aromatic heterocycles. The van der Waals surface area contributed by atoms with Crippen LogP contribution in [0.4, 0.5) is 0 Å². The number of benzene rings is 1. The first-order valence-electron chi connectivity index (χ1n) is 6.46. The summed E-state index contributed by atoms with van der Waals surface area (Å²) in [5.74, 6) is 0.841. The van der Waals surface area contributed by atoms with Gasteiger partial charge in [-0.1, -0.05) is 24.3 Å². The first kappa shape index (κ1) is 10.6. The van der Waals surface area contributed by atoms with Gasteiger partial charge >= 0.3 is 0 Å². The third kappa shape index (κ3) is 2.41. The van der Waals surface area contributed by atoms with Crippen molar-refractivity contribution in [2.45, 2.75) is 32.1 Å². The number of hydrogen-bond donors (Lipinski definition) is 1. The zero-order valence-corrected chi connectivity index (χ0v) is 10.0. The first-order valence-corrected chi connectivity index (χ1v) is 6.46. The van der Waals surface area contributed by atoms with Crippen molar-refractivity contribution in [3.8, 4) is 0 Å². The molecule has 0 saturated carbocycles. The normalized spacial score (nSPS) is 18.9. The van der Waals surface area contributed by atoms with Crippen LogP contribution in [0.15, 0.2) is 36.8 Å². The van der Waals surface area contributed by atoms with Crippen molar-refractivity contribution in [1.82, 2.24) is 9.97 Å². The lowest BCUT2D eigenvalue weighted by molar-refractivity contribution is 0.426. The highest BCUT2D eigenvalue weighted by molar-refractivity contribution is 5.29. The Morgan fingerprint density at radius 2 is 2.12 bits per heavy atom. The molecule has 1 heterocycles. The summed E-state index contributed by atoms with van der Waals surface area (Å²) in [5, 5.41) is 0. The zero-order chi connectivity index (χ0) is 11.5. The summed E-state index contributed by atoms with van der Waals surface area (Å²) in [5.41, 5.74) is 4.39. The molecule has 1 atom stereocenters. The maximum Gasteiger partial charge on any atom is 0.0921 e. The smallest absolute Gasteiger partial charge is 0.0921 e.